The summed E-state index contributed by atoms with van der Waals surface area (Å²) < 4.78 is 31.0. The topological polar surface area (TPSA) is 106 Å². The molecule has 8 heteroatoms. The molecule has 0 aromatic rings. The molecule has 0 aliphatic carbocycles. The molecule has 0 fully saturated rings. The van der Waals surface area contributed by atoms with Gasteiger partial charge in [-0.05, 0) is 0 Å². The number of thiocarbonyl (C=S) groups is 1. The molecular formula is C3H10N2O4S2. The average molecular weight is 202 g/mol. The maximum absolute atomic E-state index is 9.22. The Kier molecular flexibility index (Phi) is 7.79. The first-order chi connectivity index (χ1) is 4.83. The number of quaternary nitrogens is 1. The summed E-state index contributed by atoms with van der Waals surface area (Å²) in [6.45, 7) is 0. The highest BCUT2D eigenvalue weighted by molar-refractivity contribution is 7.80. The second-order valence-electron chi connectivity index (χ2n) is 1.25. The molecule has 0 rings (SSSR count). The predicted octanol–water partition coefficient (Wildman–Crippen LogP) is -2.17. The molecule has 4 N–H and O–H groups in total. The summed E-state index contributed by atoms with van der Waals surface area (Å²) >= 11 is 4.47. The lowest BCUT2D eigenvalue weighted by molar-refractivity contribution is -0.214. The van der Waals surface area contributed by atoms with E-state index in [4.69, 9.17) is 0 Å². The summed E-state index contributed by atoms with van der Waals surface area (Å²) in [5.41, 5.74) is 3.38. The van der Waals surface area contributed by atoms with Gasteiger partial charge in [0, 0.05) is 19.3 Å². The van der Waals surface area contributed by atoms with Gasteiger partial charge in [-0.2, -0.15) is 0 Å². The van der Waals surface area contributed by atoms with Crippen molar-refractivity contribution in [3.63, 3.8) is 0 Å². The molecule has 0 heterocycles. The van der Waals surface area contributed by atoms with Crippen LogP contribution in [0.3, 0.4) is 0 Å². The second kappa shape index (κ2) is 6.43. The van der Waals surface area contributed by atoms with E-state index in [1.54, 1.807) is 7.05 Å². The maximum atomic E-state index is 9.22. The zero-order valence-electron chi connectivity index (χ0n) is 6.16. The minimum atomic E-state index is -4.41. The predicted molar refractivity (Wildman–Crippen MR) is 41.3 cm³/mol. The Hall–Kier alpha value is -0.280. The smallest absolute Gasteiger partial charge is 0.264 e. The number of hydrogen-bond donors (Lipinski definition) is 2. The van der Waals surface area contributed by atoms with E-state index in [0.717, 1.165) is 7.11 Å². The van der Waals surface area contributed by atoms with E-state index in [-0.39, 0.29) is 0 Å². The van der Waals surface area contributed by atoms with Crippen LogP contribution in [0.25, 0.3) is 0 Å². The van der Waals surface area contributed by atoms with Crippen molar-refractivity contribution in [1.29, 1.82) is 0 Å². The average Bonchev–Trinajstić information content (AvgIpc) is 1.88. The lowest BCUT2D eigenvalue weighted by atomic mass is 11.1. The summed E-state index contributed by atoms with van der Waals surface area (Å²) in [7, 11) is -1.86. The van der Waals surface area contributed by atoms with Crippen LogP contribution in [0.15, 0.2) is 0 Å². The third kappa shape index (κ3) is 26.0. The van der Waals surface area contributed by atoms with Crippen LogP contribution in [-0.4, -0.2) is 32.2 Å². The van der Waals surface area contributed by atoms with Crippen molar-refractivity contribution in [3.8, 4) is 0 Å². The van der Waals surface area contributed by atoms with Crippen LogP contribution in [0, 0.1) is 0 Å². The van der Waals surface area contributed by atoms with Gasteiger partial charge in [0.25, 0.3) is 5.11 Å². The van der Waals surface area contributed by atoms with E-state index in [9.17, 15) is 13.0 Å². The first-order valence-electron chi connectivity index (χ1n) is 2.38. The highest BCUT2D eigenvalue weighted by Crippen LogP contribution is 1.74. The quantitative estimate of drug-likeness (QED) is 0.284. The van der Waals surface area contributed by atoms with E-state index < -0.39 is 10.4 Å². The Morgan fingerprint density at radius 1 is 1.73 bits per heavy atom. The monoisotopic (exact) mass is 202 g/mol. The van der Waals surface area contributed by atoms with Crippen molar-refractivity contribution in [3.05, 3.63) is 0 Å². The Labute approximate surface area is 70.7 Å². The molecule has 0 amide bonds. The van der Waals surface area contributed by atoms with Crippen molar-refractivity contribution in [2.24, 2.45) is 0 Å². The SMILES string of the molecule is CNC([NH3+])=S.COS(=O)(=O)[O-]. The van der Waals surface area contributed by atoms with Crippen LogP contribution < -0.4 is 11.1 Å². The molecule has 0 atom stereocenters. The zero-order chi connectivity index (χ0) is 9.49. The molecule has 0 saturated carbocycles. The summed E-state index contributed by atoms with van der Waals surface area (Å²) in [4.78, 5) is 0. The van der Waals surface area contributed by atoms with Crippen molar-refractivity contribution in [2.75, 3.05) is 14.2 Å². The fourth-order valence-corrected chi connectivity index (χ4v) is 0. The van der Waals surface area contributed by atoms with Crippen LogP contribution in [0.4, 0.5) is 0 Å². The van der Waals surface area contributed by atoms with Crippen LogP contribution in [-0.2, 0) is 14.6 Å². The van der Waals surface area contributed by atoms with E-state index in [1.807, 2.05) is 0 Å². The highest BCUT2D eigenvalue weighted by atomic mass is 32.3. The van der Waals surface area contributed by atoms with Gasteiger partial charge in [-0.3, -0.25) is 4.18 Å². The van der Waals surface area contributed by atoms with Crippen molar-refractivity contribution in [2.45, 2.75) is 0 Å². The molecule has 0 spiro atoms. The van der Waals surface area contributed by atoms with Gasteiger partial charge < -0.3 is 15.6 Å². The molecule has 11 heavy (non-hydrogen) atoms. The fraction of sp³-hybridized carbons (Fsp3) is 0.667. The molecule has 0 saturated heterocycles. The number of nitrogens with one attached hydrogen (secondary N) is 1. The summed E-state index contributed by atoms with van der Waals surface area (Å²) in [5, 5.41) is 3.24. The largest absolute Gasteiger partial charge is 0.726 e. The van der Waals surface area contributed by atoms with E-state index >= 15 is 0 Å². The van der Waals surface area contributed by atoms with Crippen LogP contribution in [0.2, 0.25) is 0 Å². The third-order valence-electron chi connectivity index (χ3n) is 0.483. The minimum absolute atomic E-state index is 0.588. The Morgan fingerprint density at radius 2 is 1.91 bits per heavy atom. The van der Waals surface area contributed by atoms with Crippen molar-refractivity contribution >= 4 is 27.7 Å². The molecule has 0 unspecified atom stereocenters. The molecule has 0 radical (unpaired) electrons. The summed E-state index contributed by atoms with van der Waals surface area (Å²) in [5.74, 6) is 0. The molecular weight excluding hydrogens is 192 g/mol. The summed E-state index contributed by atoms with van der Waals surface area (Å²) in [6, 6.07) is 0. The molecule has 0 aliphatic heterocycles. The minimum Gasteiger partial charge on any atom is -0.726 e. The van der Waals surface area contributed by atoms with Crippen LogP contribution >= 0.6 is 12.2 Å². The normalized spacial score (nSPS) is 9.45. The third-order valence-corrected chi connectivity index (χ3v) is 1.10. The highest BCUT2D eigenvalue weighted by Gasteiger charge is 1.79. The van der Waals surface area contributed by atoms with Gasteiger partial charge in [-0.1, -0.05) is 0 Å². The molecule has 0 aromatic heterocycles. The van der Waals surface area contributed by atoms with E-state index in [1.165, 1.54) is 0 Å². The second-order valence-corrected chi connectivity index (χ2v) is 2.89. The first-order valence-corrected chi connectivity index (χ1v) is 4.12. The fourth-order valence-electron chi connectivity index (χ4n) is 0. The standard InChI is InChI=1S/C2H6N2S.CH4O4S/c1-4-2(3)5;1-5-6(2,3)4/h1H3,(H3,3,4,5);1H3,(H,2,3,4). The molecule has 68 valence electrons. The molecule has 0 aromatic carbocycles. The van der Waals surface area contributed by atoms with Gasteiger partial charge in [0.1, 0.15) is 0 Å². The molecule has 6 nitrogen and oxygen atoms in total. The maximum Gasteiger partial charge on any atom is 0.264 e. The number of rotatable bonds is 1. The Balaban J connectivity index is 0. The number of hydrogen-bond acceptors (Lipinski definition) is 5. The van der Waals surface area contributed by atoms with Crippen molar-refractivity contribution < 1.29 is 22.9 Å². The van der Waals surface area contributed by atoms with Gasteiger partial charge in [0.2, 0.25) is 10.4 Å². The first kappa shape index (κ1) is 13.3. The Morgan fingerprint density at radius 3 is 1.91 bits per heavy atom. The lowest BCUT2D eigenvalue weighted by Crippen LogP contribution is -2.61. The molecule has 0 aliphatic rings. The van der Waals surface area contributed by atoms with Gasteiger partial charge in [0.15, 0.2) is 0 Å². The van der Waals surface area contributed by atoms with E-state index in [2.05, 4.69) is 27.5 Å². The van der Waals surface area contributed by atoms with Crippen LogP contribution in [0.5, 0.6) is 0 Å². The van der Waals surface area contributed by atoms with E-state index in [0.29, 0.717) is 5.11 Å². The Bertz CT molecular complexity index is 199. The van der Waals surface area contributed by atoms with Gasteiger partial charge in [0.05, 0.1) is 7.11 Å². The van der Waals surface area contributed by atoms with Gasteiger partial charge in [-0.25, -0.2) is 8.42 Å². The zero-order valence-corrected chi connectivity index (χ0v) is 7.79. The lowest BCUT2D eigenvalue weighted by Gasteiger charge is -1.98. The molecule has 0 bridgehead atoms. The van der Waals surface area contributed by atoms with Crippen LogP contribution in [0.1, 0.15) is 0 Å². The van der Waals surface area contributed by atoms with Gasteiger partial charge >= 0.3 is 0 Å². The van der Waals surface area contributed by atoms with Crippen molar-refractivity contribution in [1.82, 2.24) is 5.32 Å². The summed E-state index contributed by atoms with van der Waals surface area (Å²) in [6.07, 6.45) is 0. The van der Waals surface area contributed by atoms with Gasteiger partial charge in [-0.15, -0.1) is 0 Å².